The summed E-state index contributed by atoms with van der Waals surface area (Å²) < 4.78 is 12.6. The molecule has 0 saturated carbocycles. The van der Waals surface area contributed by atoms with Crippen LogP contribution in [0.1, 0.15) is 16.7 Å². The largest absolute Gasteiger partial charge is 0.459 e. The second-order valence-electron chi connectivity index (χ2n) is 8.32. The second kappa shape index (κ2) is 11.7. The van der Waals surface area contributed by atoms with Crippen molar-refractivity contribution in [2.24, 2.45) is 5.73 Å². The lowest BCUT2D eigenvalue weighted by Crippen LogP contribution is -2.43. The minimum Gasteiger partial charge on any atom is -0.459 e. The van der Waals surface area contributed by atoms with Gasteiger partial charge >= 0.3 is 12.1 Å². The van der Waals surface area contributed by atoms with Crippen molar-refractivity contribution in [3.63, 3.8) is 0 Å². The Balaban J connectivity index is 1.52. The topological polar surface area (TPSA) is 113 Å². The van der Waals surface area contributed by atoms with E-state index >= 15 is 0 Å². The molecule has 0 bridgehead atoms. The van der Waals surface area contributed by atoms with Crippen molar-refractivity contribution in [1.29, 1.82) is 0 Å². The molecule has 0 fully saturated rings. The molecule has 8 heteroatoms. The molecule has 0 spiro atoms. The zero-order chi connectivity index (χ0) is 25.3. The van der Waals surface area contributed by atoms with Crippen LogP contribution in [0.15, 0.2) is 91.1 Å². The van der Waals surface area contributed by atoms with E-state index in [-0.39, 0.29) is 26.2 Å². The molecule has 3 N–H and O–H groups in total. The van der Waals surface area contributed by atoms with Gasteiger partial charge in [0, 0.05) is 23.5 Å². The van der Waals surface area contributed by atoms with Crippen molar-refractivity contribution in [2.45, 2.75) is 32.2 Å². The lowest BCUT2D eigenvalue weighted by atomic mass is 10.1. The van der Waals surface area contributed by atoms with Crippen molar-refractivity contribution in [3.05, 3.63) is 108 Å². The number of benzene rings is 3. The highest BCUT2D eigenvalue weighted by Crippen LogP contribution is 2.23. The number of amides is 2. The number of primary amides is 1. The van der Waals surface area contributed by atoms with E-state index in [1.165, 1.54) is 0 Å². The van der Waals surface area contributed by atoms with Crippen LogP contribution in [0.3, 0.4) is 0 Å². The summed E-state index contributed by atoms with van der Waals surface area (Å²) in [4.78, 5) is 37.2. The molecule has 0 radical (unpaired) electrons. The van der Waals surface area contributed by atoms with Gasteiger partial charge in [0.15, 0.2) is 0 Å². The highest BCUT2D eigenvalue weighted by Gasteiger charge is 2.25. The Morgan fingerprint density at radius 2 is 1.39 bits per heavy atom. The van der Waals surface area contributed by atoms with Crippen molar-refractivity contribution >= 4 is 28.9 Å². The first-order chi connectivity index (χ1) is 17.5. The van der Waals surface area contributed by atoms with E-state index in [4.69, 9.17) is 15.2 Å². The maximum atomic E-state index is 13.1. The smallest absolute Gasteiger partial charge is 0.408 e. The van der Waals surface area contributed by atoms with Crippen LogP contribution >= 0.6 is 0 Å². The second-order valence-corrected chi connectivity index (χ2v) is 8.32. The maximum absolute atomic E-state index is 13.1. The first-order valence-electron chi connectivity index (χ1n) is 11.5. The predicted molar refractivity (Wildman–Crippen MR) is 135 cm³/mol. The molecular formula is C28H27N3O5. The Bertz CT molecular complexity index is 1340. The highest BCUT2D eigenvalue weighted by molar-refractivity contribution is 5.88. The van der Waals surface area contributed by atoms with E-state index in [0.29, 0.717) is 0 Å². The number of aromatic nitrogens is 1. The van der Waals surface area contributed by atoms with Crippen LogP contribution in [0.2, 0.25) is 0 Å². The normalized spacial score (nSPS) is 11.6. The van der Waals surface area contributed by atoms with E-state index < -0.39 is 24.0 Å². The molecule has 36 heavy (non-hydrogen) atoms. The van der Waals surface area contributed by atoms with Gasteiger partial charge in [0.1, 0.15) is 25.8 Å². The summed E-state index contributed by atoms with van der Waals surface area (Å²) in [5.74, 6) is -1.08. The van der Waals surface area contributed by atoms with E-state index in [2.05, 4.69) is 5.32 Å². The molecule has 2 amide bonds. The summed E-state index contributed by atoms with van der Waals surface area (Å²) in [5.41, 5.74) is 8.62. The number of fused-ring (bicyclic) bond motifs is 1. The molecule has 8 nitrogen and oxygen atoms in total. The first kappa shape index (κ1) is 24.5. The standard InChI is InChI=1S/C28H27N3O5/c29-26(32)17-31-16-22(23-13-7-8-14-25(23)31)15-24(27(33)35-18-20-9-3-1-4-10-20)30-28(34)36-19-21-11-5-2-6-12-21/h1-14,16,24H,15,17-19H2,(H2,29,32)(H,30,34)/t24-/m0/s1. The number of nitrogens with two attached hydrogens (primary N) is 1. The maximum Gasteiger partial charge on any atom is 0.408 e. The molecule has 4 aromatic rings. The lowest BCUT2D eigenvalue weighted by molar-refractivity contribution is -0.147. The number of esters is 1. The zero-order valence-electron chi connectivity index (χ0n) is 19.6. The van der Waals surface area contributed by atoms with Crippen LogP contribution in [-0.4, -0.2) is 28.6 Å². The SMILES string of the molecule is NC(=O)Cn1cc(C[C@H](NC(=O)OCc2ccccc2)C(=O)OCc2ccccc2)c2ccccc21. The monoisotopic (exact) mass is 485 g/mol. The molecule has 0 saturated heterocycles. The van der Waals surface area contributed by atoms with Gasteiger partial charge in [-0.1, -0.05) is 78.9 Å². The Morgan fingerprint density at radius 3 is 2.03 bits per heavy atom. The lowest BCUT2D eigenvalue weighted by Gasteiger charge is -2.18. The van der Waals surface area contributed by atoms with Gasteiger partial charge in [-0.2, -0.15) is 0 Å². The number of nitrogens with one attached hydrogen (secondary N) is 1. The van der Waals surface area contributed by atoms with E-state index in [1.807, 2.05) is 84.9 Å². The van der Waals surface area contributed by atoms with Crippen LogP contribution < -0.4 is 11.1 Å². The Kier molecular flexibility index (Phi) is 7.97. The minimum absolute atomic E-state index is 0.00379. The van der Waals surface area contributed by atoms with Gasteiger partial charge in [-0.25, -0.2) is 9.59 Å². The number of hydrogen-bond donors (Lipinski definition) is 2. The summed E-state index contributed by atoms with van der Waals surface area (Å²) in [6.45, 7) is 0.132. The third kappa shape index (κ3) is 6.50. The van der Waals surface area contributed by atoms with E-state index in [1.54, 1.807) is 10.8 Å². The average molecular weight is 486 g/mol. The number of ether oxygens (including phenoxy) is 2. The van der Waals surface area contributed by atoms with Crippen LogP contribution in [-0.2, 0) is 45.2 Å². The molecule has 184 valence electrons. The molecule has 1 heterocycles. The van der Waals surface area contributed by atoms with Crippen molar-refractivity contribution in [1.82, 2.24) is 9.88 Å². The van der Waals surface area contributed by atoms with Crippen molar-refractivity contribution in [2.75, 3.05) is 0 Å². The quantitative estimate of drug-likeness (QED) is 0.333. The van der Waals surface area contributed by atoms with Gasteiger partial charge in [0.05, 0.1) is 0 Å². The van der Waals surface area contributed by atoms with Crippen LogP contribution in [0.25, 0.3) is 10.9 Å². The third-order valence-electron chi connectivity index (χ3n) is 5.63. The predicted octanol–water partition coefficient (Wildman–Crippen LogP) is 3.71. The number of carbonyl (C=O) groups is 3. The Labute approximate surface area is 208 Å². The molecule has 1 aromatic heterocycles. The zero-order valence-corrected chi connectivity index (χ0v) is 19.6. The highest BCUT2D eigenvalue weighted by atomic mass is 16.6. The Morgan fingerprint density at radius 1 is 0.806 bits per heavy atom. The molecule has 3 aromatic carbocycles. The minimum atomic E-state index is -1.01. The fraction of sp³-hybridized carbons (Fsp3) is 0.179. The summed E-state index contributed by atoms with van der Waals surface area (Å²) in [6, 6.07) is 25.0. The van der Waals surface area contributed by atoms with Gasteiger partial charge in [0.25, 0.3) is 0 Å². The molecule has 0 aliphatic heterocycles. The van der Waals surface area contributed by atoms with Gasteiger partial charge < -0.3 is 25.1 Å². The van der Waals surface area contributed by atoms with E-state index in [0.717, 1.165) is 27.6 Å². The van der Waals surface area contributed by atoms with E-state index in [9.17, 15) is 14.4 Å². The number of carbonyl (C=O) groups excluding carboxylic acids is 3. The number of nitrogens with zero attached hydrogens (tertiary/aromatic N) is 1. The first-order valence-corrected chi connectivity index (χ1v) is 11.5. The molecular weight excluding hydrogens is 458 g/mol. The molecule has 4 rings (SSSR count). The fourth-order valence-electron chi connectivity index (χ4n) is 3.93. The van der Waals surface area contributed by atoms with Gasteiger partial charge in [-0.05, 0) is 22.8 Å². The summed E-state index contributed by atoms with van der Waals surface area (Å²) in [6.07, 6.45) is 1.17. The molecule has 1 atom stereocenters. The van der Waals surface area contributed by atoms with Gasteiger partial charge in [-0.15, -0.1) is 0 Å². The van der Waals surface area contributed by atoms with Gasteiger partial charge in [0.2, 0.25) is 5.91 Å². The number of alkyl carbamates (subject to hydrolysis) is 1. The van der Waals surface area contributed by atoms with Crippen LogP contribution in [0.5, 0.6) is 0 Å². The molecule has 0 unspecified atom stereocenters. The number of rotatable bonds is 10. The molecule has 0 aliphatic rings. The van der Waals surface area contributed by atoms with Crippen LogP contribution in [0, 0.1) is 0 Å². The molecule has 0 aliphatic carbocycles. The average Bonchev–Trinajstić information content (AvgIpc) is 3.23. The van der Waals surface area contributed by atoms with Crippen molar-refractivity contribution < 1.29 is 23.9 Å². The fourth-order valence-corrected chi connectivity index (χ4v) is 3.93. The number of hydrogen-bond acceptors (Lipinski definition) is 5. The van der Waals surface area contributed by atoms with Crippen molar-refractivity contribution in [3.8, 4) is 0 Å². The summed E-state index contributed by atoms with van der Waals surface area (Å²) in [5, 5.41) is 3.50. The summed E-state index contributed by atoms with van der Waals surface area (Å²) >= 11 is 0. The van der Waals surface area contributed by atoms with Crippen LogP contribution in [0.4, 0.5) is 4.79 Å². The Hall–Kier alpha value is -4.59. The third-order valence-corrected chi connectivity index (χ3v) is 5.63. The summed E-state index contributed by atoms with van der Waals surface area (Å²) in [7, 11) is 0. The van der Waals surface area contributed by atoms with Gasteiger partial charge in [-0.3, -0.25) is 4.79 Å². The number of para-hydroxylation sites is 1.